The number of aromatic nitrogens is 2. The first-order valence-electron chi connectivity index (χ1n) is 4.66. The van der Waals surface area contributed by atoms with Crippen LogP contribution in [-0.2, 0) is 0 Å². The number of nitrogens with two attached hydrogens (primary N) is 1. The Balaban J connectivity index is 2.19. The second-order valence-corrected chi connectivity index (χ2v) is 5.64. The number of hydrogen-bond acceptors (Lipinski definition) is 6. The fourth-order valence-electron chi connectivity index (χ4n) is 1.18. The van der Waals surface area contributed by atoms with E-state index in [9.17, 15) is 0 Å². The SMILES string of the molecule is NC(CCO)c1nc(-c2ccc(Br)s2)no1. The third-order valence-electron chi connectivity index (χ3n) is 1.99. The van der Waals surface area contributed by atoms with Crippen LogP contribution in [-0.4, -0.2) is 21.9 Å². The van der Waals surface area contributed by atoms with Crippen LogP contribution in [0.2, 0.25) is 0 Å². The molecule has 2 aromatic rings. The fraction of sp³-hybridized carbons (Fsp3) is 0.333. The summed E-state index contributed by atoms with van der Waals surface area (Å²) in [5.74, 6) is 0.882. The Morgan fingerprint density at radius 3 is 3.00 bits per heavy atom. The molecule has 0 spiro atoms. The molecule has 0 amide bonds. The third-order valence-corrected chi connectivity index (χ3v) is 3.61. The number of hydrogen-bond donors (Lipinski definition) is 2. The van der Waals surface area contributed by atoms with Gasteiger partial charge in [0.1, 0.15) is 0 Å². The summed E-state index contributed by atoms with van der Waals surface area (Å²) in [4.78, 5) is 5.10. The van der Waals surface area contributed by atoms with E-state index in [1.165, 1.54) is 11.3 Å². The largest absolute Gasteiger partial charge is 0.396 e. The Hall–Kier alpha value is -0.760. The van der Waals surface area contributed by atoms with Crippen LogP contribution in [0.3, 0.4) is 0 Å². The molecule has 0 aromatic carbocycles. The van der Waals surface area contributed by atoms with Gasteiger partial charge in [0.25, 0.3) is 0 Å². The van der Waals surface area contributed by atoms with Crippen LogP contribution in [0.5, 0.6) is 0 Å². The molecule has 0 aliphatic heterocycles. The van der Waals surface area contributed by atoms with Crippen LogP contribution in [0, 0.1) is 0 Å². The fourth-order valence-corrected chi connectivity index (χ4v) is 2.49. The molecule has 0 radical (unpaired) electrons. The van der Waals surface area contributed by atoms with Crippen molar-refractivity contribution in [3.63, 3.8) is 0 Å². The summed E-state index contributed by atoms with van der Waals surface area (Å²) in [7, 11) is 0. The predicted octanol–water partition coefficient (Wildman–Crippen LogP) is 1.94. The average Bonchev–Trinajstić information content (AvgIpc) is 2.85. The maximum atomic E-state index is 8.75. The highest BCUT2D eigenvalue weighted by molar-refractivity contribution is 9.11. The van der Waals surface area contributed by atoms with Crippen LogP contribution in [0.4, 0.5) is 0 Å². The maximum absolute atomic E-state index is 8.75. The Labute approximate surface area is 104 Å². The smallest absolute Gasteiger partial charge is 0.243 e. The Morgan fingerprint density at radius 2 is 2.38 bits per heavy atom. The van der Waals surface area contributed by atoms with Gasteiger partial charge < -0.3 is 15.4 Å². The summed E-state index contributed by atoms with van der Waals surface area (Å²) in [6.07, 6.45) is 0.412. The van der Waals surface area contributed by atoms with Crippen molar-refractivity contribution in [2.75, 3.05) is 6.61 Å². The number of rotatable bonds is 4. The highest BCUT2D eigenvalue weighted by Crippen LogP contribution is 2.29. The van der Waals surface area contributed by atoms with Gasteiger partial charge in [-0.3, -0.25) is 0 Å². The topological polar surface area (TPSA) is 85.2 Å². The van der Waals surface area contributed by atoms with Gasteiger partial charge in [0.15, 0.2) is 0 Å². The van der Waals surface area contributed by atoms with E-state index in [1.807, 2.05) is 12.1 Å². The summed E-state index contributed by atoms with van der Waals surface area (Å²) in [6.45, 7) is 0.00340. The number of halogens is 1. The molecule has 0 aliphatic carbocycles. The number of thiophene rings is 1. The molecule has 5 nitrogen and oxygen atoms in total. The quantitative estimate of drug-likeness (QED) is 0.901. The van der Waals surface area contributed by atoms with Gasteiger partial charge in [-0.05, 0) is 34.5 Å². The summed E-state index contributed by atoms with van der Waals surface area (Å²) >= 11 is 4.89. The normalized spacial score (nSPS) is 12.9. The molecule has 0 saturated heterocycles. The highest BCUT2D eigenvalue weighted by atomic mass is 79.9. The first kappa shape index (κ1) is 11.7. The van der Waals surface area contributed by atoms with Crippen molar-refractivity contribution in [2.24, 2.45) is 5.73 Å². The first-order chi connectivity index (χ1) is 7.70. The van der Waals surface area contributed by atoms with E-state index >= 15 is 0 Å². The molecular weight excluding hydrogens is 294 g/mol. The van der Waals surface area contributed by atoms with Crippen LogP contribution in [0.15, 0.2) is 20.4 Å². The zero-order valence-corrected chi connectivity index (χ0v) is 10.7. The highest BCUT2D eigenvalue weighted by Gasteiger charge is 2.15. The predicted molar refractivity (Wildman–Crippen MR) is 63.9 cm³/mol. The van der Waals surface area contributed by atoms with Crippen LogP contribution in [0.25, 0.3) is 10.7 Å². The maximum Gasteiger partial charge on any atom is 0.243 e. The van der Waals surface area contributed by atoms with E-state index < -0.39 is 6.04 Å². The molecule has 0 saturated carbocycles. The molecule has 0 bridgehead atoms. The van der Waals surface area contributed by atoms with Crippen molar-refractivity contribution >= 4 is 27.3 Å². The van der Waals surface area contributed by atoms with E-state index in [-0.39, 0.29) is 6.61 Å². The summed E-state index contributed by atoms with van der Waals surface area (Å²) in [5.41, 5.74) is 5.74. The monoisotopic (exact) mass is 303 g/mol. The van der Waals surface area contributed by atoms with Gasteiger partial charge >= 0.3 is 0 Å². The minimum absolute atomic E-state index is 0.00340. The summed E-state index contributed by atoms with van der Waals surface area (Å²) in [6, 6.07) is 3.42. The van der Waals surface area contributed by atoms with Gasteiger partial charge in [-0.15, -0.1) is 11.3 Å². The lowest BCUT2D eigenvalue weighted by molar-refractivity contribution is 0.259. The van der Waals surface area contributed by atoms with Gasteiger partial charge in [0.2, 0.25) is 11.7 Å². The second-order valence-electron chi connectivity index (χ2n) is 3.18. The molecule has 16 heavy (non-hydrogen) atoms. The molecule has 0 aliphatic rings. The van der Waals surface area contributed by atoms with Crippen molar-refractivity contribution in [3.05, 3.63) is 21.8 Å². The second kappa shape index (κ2) is 5.05. The van der Waals surface area contributed by atoms with Crippen molar-refractivity contribution < 1.29 is 9.63 Å². The van der Waals surface area contributed by atoms with Crippen molar-refractivity contribution in [1.29, 1.82) is 0 Å². The Kier molecular flexibility index (Phi) is 3.70. The molecule has 7 heteroatoms. The van der Waals surface area contributed by atoms with Crippen molar-refractivity contribution in [2.45, 2.75) is 12.5 Å². The first-order valence-corrected chi connectivity index (χ1v) is 6.27. The zero-order valence-electron chi connectivity index (χ0n) is 8.26. The lowest BCUT2D eigenvalue weighted by atomic mass is 10.2. The van der Waals surface area contributed by atoms with Gasteiger partial charge in [-0.25, -0.2) is 0 Å². The number of nitrogens with zero attached hydrogens (tertiary/aromatic N) is 2. The minimum Gasteiger partial charge on any atom is -0.396 e. The van der Waals surface area contributed by atoms with Gasteiger partial charge in [0, 0.05) is 6.61 Å². The van der Waals surface area contributed by atoms with E-state index in [1.54, 1.807) is 0 Å². The van der Waals surface area contributed by atoms with Gasteiger partial charge in [-0.2, -0.15) is 4.98 Å². The Bertz CT molecular complexity index is 471. The zero-order chi connectivity index (χ0) is 11.5. The molecule has 2 aromatic heterocycles. The Morgan fingerprint density at radius 1 is 1.56 bits per heavy atom. The standard InChI is InChI=1S/C9H10BrN3O2S/c10-7-2-1-6(16-7)8-12-9(15-13-8)5(11)3-4-14/h1-2,5,14H,3-4,11H2. The molecule has 2 heterocycles. The summed E-state index contributed by atoms with van der Waals surface area (Å²) < 4.78 is 6.04. The van der Waals surface area contributed by atoms with Crippen LogP contribution >= 0.6 is 27.3 Å². The third kappa shape index (κ3) is 2.49. The van der Waals surface area contributed by atoms with Crippen molar-refractivity contribution in [1.82, 2.24) is 10.1 Å². The van der Waals surface area contributed by atoms with Crippen LogP contribution in [0.1, 0.15) is 18.4 Å². The molecule has 86 valence electrons. The summed E-state index contributed by atoms with van der Waals surface area (Å²) in [5, 5.41) is 12.6. The number of aliphatic hydroxyl groups excluding tert-OH is 1. The van der Waals surface area contributed by atoms with E-state index in [4.69, 9.17) is 15.4 Å². The molecule has 3 N–H and O–H groups in total. The molecular formula is C9H10BrN3O2S. The van der Waals surface area contributed by atoms with Crippen molar-refractivity contribution in [3.8, 4) is 10.7 Å². The van der Waals surface area contributed by atoms with Crippen LogP contribution < -0.4 is 5.73 Å². The molecule has 0 fully saturated rings. The van der Waals surface area contributed by atoms with E-state index in [0.29, 0.717) is 18.1 Å². The van der Waals surface area contributed by atoms with E-state index in [0.717, 1.165) is 8.66 Å². The van der Waals surface area contributed by atoms with Gasteiger partial charge in [0.05, 0.1) is 14.7 Å². The minimum atomic E-state index is -0.408. The molecule has 1 atom stereocenters. The molecule has 2 rings (SSSR count). The van der Waals surface area contributed by atoms with Gasteiger partial charge in [-0.1, -0.05) is 5.16 Å². The number of aliphatic hydroxyl groups is 1. The molecule has 1 unspecified atom stereocenters. The lowest BCUT2D eigenvalue weighted by Crippen LogP contribution is -2.12. The average molecular weight is 304 g/mol. The van der Waals surface area contributed by atoms with E-state index in [2.05, 4.69) is 26.1 Å². The lowest BCUT2D eigenvalue weighted by Gasteiger charge is -2.01.